The van der Waals surface area contributed by atoms with E-state index < -0.39 is 0 Å². The zero-order valence-corrected chi connectivity index (χ0v) is 11.0. The molecule has 0 fully saturated rings. The van der Waals surface area contributed by atoms with Gasteiger partial charge in [-0.2, -0.15) is 0 Å². The number of hydrogen-bond donors (Lipinski definition) is 2. The highest BCUT2D eigenvalue weighted by Crippen LogP contribution is 2.29. The summed E-state index contributed by atoms with van der Waals surface area (Å²) >= 11 is 2.02. The molecule has 1 aliphatic carbocycles. The van der Waals surface area contributed by atoms with Crippen molar-refractivity contribution in [3.05, 3.63) is 21.4 Å². The minimum atomic E-state index is 1.06. The van der Waals surface area contributed by atoms with Crippen LogP contribution in [0.5, 0.6) is 0 Å². The van der Waals surface area contributed by atoms with Crippen LogP contribution in [0.3, 0.4) is 0 Å². The lowest BCUT2D eigenvalue weighted by molar-refractivity contribution is 0.628. The Morgan fingerprint density at radius 3 is 2.94 bits per heavy atom. The zero-order valence-electron chi connectivity index (χ0n) is 10.1. The van der Waals surface area contributed by atoms with Gasteiger partial charge in [-0.15, -0.1) is 11.3 Å². The van der Waals surface area contributed by atoms with E-state index in [1.165, 1.54) is 37.0 Å². The third-order valence-electron chi connectivity index (χ3n) is 3.13. The molecule has 0 saturated carbocycles. The van der Waals surface area contributed by atoms with E-state index in [4.69, 9.17) is 0 Å². The fraction of sp³-hybridized carbons (Fsp3) is 0.692. The molecule has 0 bridgehead atoms. The Labute approximate surface area is 102 Å². The van der Waals surface area contributed by atoms with Crippen molar-refractivity contribution in [1.29, 1.82) is 0 Å². The van der Waals surface area contributed by atoms with Gasteiger partial charge in [-0.25, -0.2) is 0 Å². The largest absolute Gasteiger partial charge is 0.320 e. The molecule has 3 heteroatoms. The van der Waals surface area contributed by atoms with Crippen LogP contribution in [0.4, 0.5) is 0 Å². The highest BCUT2D eigenvalue weighted by atomic mass is 32.1. The van der Waals surface area contributed by atoms with E-state index in [2.05, 4.69) is 16.7 Å². The molecule has 16 heavy (non-hydrogen) atoms. The number of aryl methyl sites for hydroxylation is 2. The van der Waals surface area contributed by atoms with Crippen LogP contribution in [0.2, 0.25) is 0 Å². The van der Waals surface area contributed by atoms with Crippen LogP contribution in [-0.2, 0) is 19.4 Å². The van der Waals surface area contributed by atoms with Gasteiger partial charge in [0, 0.05) is 16.3 Å². The first-order valence-electron chi connectivity index (χ1n) is 6.36. The van der Waals surface area contributed by atoms with Gasteiger partial charge in [0.1, 0.15) is 0 Å². The summed E-state index contributed by atoms with van der Waals surface area (Å²) in [5, 5.41) is 6.68. The molecule has 0 unspecified atom stereocenters. The molecule has 2 rings (SSSR count). The Kier molecular flexibility index (Phi) is 4.82. The number of hydrogen-bond acceptors (Lipinski definition) is 3. The van der Waals surface area contributed by atoms with E-state index in [0.717, 1.165) is 19.6 Å². The summed E-state index contributed by atoms with van der Waals surface area (Å²) in [6.07, 6.45) is 6.62. The average Bonchev–Trinajstić information content (AvgIpc) is 2.71. The van der Waals surface area contributed by atoms with Crippen LogP contribution in [0.15, 0.2) is 6.07 Å². The summed E-state index contributed by atoms with van der Waals surface area (Å²) in [6, 6.07) is 2.42. The molecule has 2 nitrogen and oxygen atoms in total. The minimum absolute atomic E-state index is 1.06. The van der Waals surface area contributed by atoms with Gasteiger partial charge >= 0.3 is 0 Å². The lowest BCUT2D eigenvalue weighted by atomic mass is 9.99. The molecule has 1 aliphatic rings. The molecule has 0 atom stereocenters. The normalized spacial score (nSPS) is 15.1. The number of nitrogens with one attached hydrogen (secondary N) is 2. The quantitative estimate of drug-likeness (QED) is 0.743. The summed E-state index contributed by atoms with van der Waals surface area (Å²) in [5.41, 5.74) is 1.63. The van der Waals surface area contributed by atoms with Crippen molar-refractivity contribution >= 4 is 11.3 Å². The topological polar surface area (TPSA) is 24.1 Å². The van der Waals surface area contributed by atoms with Crippen molar-refractivity contribution in [2.75, 3.05) is 20.1 Å². The van der Waals surface area contributed by atoms with Crippen molar-refractivity contribution in [1.82, 2.24) is 10.6 Å². The lowest BCUT2D eigenvalue weighted by Crippen LogP contribution is -2.18. The Morgan fingerprint density at radius 2 is 2.12 bits per heavy atom. The third-order valence-corrected chi connectivity index (χ3v) is 4.36. The van der Waals surface area contributed by atoms with E-state index >= 15 is 0 Å². The molecule has 1 heterocycles. The van der Waals surface area contributed by atoms with Crippen molar-refractivity contribution in [2.45, 2.75) is 38.6 Å². The molecular weight excluding hydrogens is 216 g/mol. The summed E-state index contributed by atoms with van der Waals surface area (Å²) in [7, 11) is 2.01. The summed E-state index contributed by atoms with van der Waals surface area (Å²) in [5.74, 6) is 0. The highest BCUT2D eigenvalue weighted by molar-refractivity contribution is 7.12. The number of fused-ring (bicyclic) bond motifs is 1. The van der Waals surface area contributed by atoms with Gasteiger partial charge in [-0.3, -0.25) is 0 Å². The number of thiophene rings is 1. The maximum absolute atomic E-state index is 3.52. The monoisotopic (exact) mass is 238 g/mol. The van der Waals surface area contributed by atoms with Gasteiger partial charge in [-0.1, -0.05) is 0 Å². The molecule has 1 aromatic rings. The summed E-state index contributed by atoms with van der Waals surface area (Å²) in [4.78, 5) is 3.18. The van der Waals surface area contributed by atoms with E-state index in [1.807, 2.05) is 18.4 Å². The van der Waals surface area contributed by atoms with Crippen LogP contribution in [0, 0.1) is 0 Å². The Balaban J connectivity index is 1.74. The first-order chi connectivity index (χ1) is 7.90. The van der Waals surface area contributed by atoms with Crippen molar-refractivity contribution in [3.8, 4) is 0 Å². The number of rotatable bonds is 6. The molecule has 0 amide bonds. The molecule has 0 aliphatic heterocycles. The predicted octanol–water partition coefficient (Wildman–Crippen LogP) is 2.33. The van der Waals surface area contributed by atoms with Crippen molar-refractivity contribution in [2.24, 2.45) is 0 Å². The van der Waals surface area contributed by atoms with Gasteiger partial charge in [0.2, 0.25) is 0 Å². The Bertz CT molecular complexity index is 296. The van der Waals surface area contributed by atoms with Crippen LogP contribution < -0.4 is 10.6 Å². The SMILES string of the molecule is CNCCCNCc1cc2c(s1)CCCC2. The molecule has 0 aromatic carbocycles. The maximum atomic E-state index is 3.52. The van der Waals surface area contributed by atoms with Crippen molar-refractivity contribution < 1.29 is 0 Å². The first-order valence-corrected chi connectivity index (χ1v) is 7.17. The lowest BCUT2D eigenvalue weighted by Gasteiger charge is -2.08. The van der Waals surface area contributed by atoms with E-state index in [9.17, 15) is 0 Å². The highest BCUT2D eigenvalue weighted by Gasteiger charge is 2.12. The van der Waals surface area contributed by atoms with Gasteiger partial charge in [-0.05, 0) is 63.9 Å². The van der Waals surface area contributed by atoms with Crippen LogP contribution >= 0.6 is 11.3 Å². The van der Waals surface area contributed by atoms with Gasteiger partial charge in [0.05, 0.1) is 0 Å². The van der Waals surface area contributed by atoms with Crippen LogP contribution in [0.25, 0.3) is 0 Å². The molecule has 90 valence electrons. The Hall–Kier alpha value is -0.380. The molecule has 0 spiro atoms. The average molecular weight is 238 g/mol. The predicted molar refractivity (Wildman–Crippen MR) is 71.2 cm³/mol. The molecular formula is C13H22N2S. The second-order valence-corrected chi connectivity index (χ2v) is 5.72. The maximum Gasteiger partial charge on any atom is 0.0299 e. The minimum Gasteiger partial charge on any atom is -0.320 e. The zero-order chi connectivity index (χ0) is 11.2. The Morgan fingerprint density at radius 1 is 1.25 bits per heavy atom. The summed E-state index contributed by atoms with van der Waals surface area (Å²) < 4.78 is 0. The van der Waals surface area contributed by atoms with E-state index in [-0.39, 0.29) is 0 Å². The van der Waals surface area contributed by atoms with E-state index in [0.29, 0.717) is 0 Å². The molecule has 1 aromatic heterocycles. The fourth-order valence-electron chi connectivity index (χ4n) is 2.24. The molecule has 0 saturated heterocycles. The first kappa shape index (κ1) is 12.1. The van der Waals surface area contributed by atoms with Gasteiger partial charge in [0.25, 0.3) is 0 Å². The van der Waals surface area contributed by atoms with Crippen molar-refractivity contribution in [3.63, 3.8) is 0 Å². The second-order valence-electron chi connectivity index (χ2n) is 4.50. The second kappa shape index (κ2) is 6.38. The van der Waals surface area contributed by atoms with Crippen LogP contribution in [0.1, 0.15) is 34.6 Å². The summed E-state index contributed by atoms with van der Waals surface area (Å²) in [6.45, 7) is 3.28. The smallest absolute Gasteiger partial charge is 0.0299 e. The van der Waals surface area contributed by atoms with Gasteiger partial charge < -0.3 is 10.6 Å². The fourth-order valence-corrected chi connectivity index (χ4v) is 3.47. The van der Waals surface area contributed by atoms with Crippen LogP contribution in [-0.4, -0.2) is 20.1 Å². The molecule has 2 N–H and O–H groups in total. The van der Waals surface area contributed by atoms with E-state index in [1.54, 1.807) is 10.4 Å². The molecule has 0 radical (unpaired) electrons. The third kappa shape index (κ3) is 3.30. The van der Waals surface area contributed by atoms with Gasteiger partial charge in [0.15, 0.2) is 0 Å². The standard InChI is InChI=1S/C13H22N2S/c1-14-7-4-8-15-10-12-9-11-5-2-3-6-13(11)16-12/h9,14-15H,2-8,10H2,1H3.